The number of hydrogen-bond donors (Lipinski definition) is 0. The van der Waals surface area contributed by atoms with Crippen LogP contribution in [0.3, 0.4) is 0 Å². The van der Waals surface area contributed by atoms with Gasteiger partial charge in [0, 0.05) is 23.3 Å². The first-order valence-electron chi connectivity index (χ1n) is 7.07. The first-order chi connectivity index (χ1) is 10.3. The molecule has 0 saturated carbocycles. The zero-order chi connectivity index (χ0) is 14.2. The second-order valence-electron chi connectivity index (χ2n) is 5.21. The van der Waals surface area contributed by atoms with Crippen LogP contribution >= 0.6 is 11.8 Å². The van der Waals surface area contributed by atoms with Gasteiger partial charge in [0.2, 0.25) is 0 Å². The van der Waals surface area contributed by atoms with Gasteiger partial charge in [-0.25, -0.2) is 0 Å². The van der Waals surface area contributed by atoms with Gasteiger partial charge in [-0.3, -0.25) is 4.79 Å². The van der Waals surface area contributed by atoms with E-state index in [4.69, 9.17) is 4.74 Å². The van der Waals surface area contributed by atoms with Crippen LogP contribution in [-0.2, 0) is 4.79 Å². The molecule has 2 aromatic rings. The number of fused-ring (bicyclic) bond motifs is 1. The number of para-hydroxylation sites is 1. The van der Waals surface area contributed by atoms with Crippen molar-refractivity contribution in [2.45, 2.75) is 23.0 Å². The molecule has 104 valence electrons. The van der Waals surface area contributed by atoms with E-state index in [0.717, 1.165) is 29.1 Å². The first-order valence-corrected chi connectivity index (χ1v) is 7.95. The summed E-state index contributed by atoms with van der Waals surface area (Å²) < 4.78 is 5.94. The molecule has 0 saturated heterocycles. The van der Waals surface area contributed by atoms with Crippen LogP contribution in [0.15, 0.2) is 70.8 Å². The monoisotopic (exact) mass is 294 g/mol. The molecule has 0 fully saturated rings. The minimum Gasteiger partial charge on any atom is -0.461 e. The van der Waals surface area contributed by atoms with Gasteiger partial charge in [-0.1, -0.05) is 36.4 Å². The number of allylic oxidation sites excluding steroid dienone is 1. The fourth-order valence-electron chi connectivity index (χ4n) is 2.89. The highest BCUT2D eigenvalue weighted by atomic mass is 32.2. The lowest BCUT2D eigenvalue weighted by atomic mass is 10.00. The van der Waals surface area contributed by atoms with Gasteiger partial charge in [-0.2, -0.15) is 0 Å². The number of ketones is 1. The van der Waals surface area contributed by atoms with Crippen LogP contribution in [0, 0.1) is 0 Å². The average Bonchev–Trinajstić information content (AvgIpc) is 2.89. The van der Waals surface area contributed by atoms with E-state index in [1.54, 1.807) is 11.8 Å². The lowest BCUT2D eigenvalue weighted by Crippen LogP contribution is -2.14. The van der Waals surface area contributed by atoms with Gasteiger partial charge in [0.05, 0.1) is 10.8 Å². The summed E-state index contributed by atoms with van der Waals surface area (Å²) >= 11 is 1.73. The van der Waals surface area contributed by atoms with E-state index >= 15 is 0 Å². The smallest absolute Gasteiger partial charge is 0.164 e. The van der Waals surface area contributed by atoms with Gasteiger partial charge in [0.1, 0.15) is 11.5 Å². The van der Waals surface area contributed by atoms with Gasteiger partial charge >= 0.3 is 0 Å². The third-order valence-corrected chi connectivity index (χ3v) is 5.14. The molecule has 1 heterocycles. The Morgan fingerprint density at radius 2 is 1.71 bits per heavy atom. The number of hydrogen-bond acceptors (Lipinski definition) is 3. The summed E-state index contributed by atoms with van der Waals surface area (Å²) in [5.74, 6) is 1.99. The van der Waals surface area contributed by atoms with E-state index in [-0.39, 0.29) is 11.0 Å². The summed E-state index contributed by atoms with van der Waals surface area (Å²) in [6.45, 7) is 0. The standard InChI is InChI=1S/C18H14O2S/c19-14-10-11-16-17(14)18(21-12-6-2-1-3-7-12)13-8-4-5-9-15(13)20-16/h1-9,18H,10-11H2. The summed E-state index contributed by atoms with van der Waals surface area (Å²) in [5, 5.41) is 0.0438. The number of rotatable bonds is 2. The molecular weight excluding hydrogens is 280 g/mol. The molecule has 0 N–H and O–H groups in total. The highest BCUT2D eigenvalue weighted by Crippen LogP contribution is 2.51. The summed E-state index contributed by atoms with van der Waals surface area (Å²) in [6.07, 6.45) is 1.30. The third-order valence-electron chi connectivity index (χ3n) is 3.87. The summed E-state index contributed by atoms with van der Waals surface area (Å²) in [6, 6.07) is 18.3. The molecule has 2 aromatic carbocycles. The van der Waals surface area contributed by atoms with Crippen LogP contribution in [0.4, 0.5) is 0 Å². The highest BCUT2D eigenvalue weighted by molar-refractivity contribution is 7.99. The van der Waals surface area contributed by atoms with Crippen molar-refractivity contribution in [3.05, 3.63) is 71.5 Å². The second-order valence-corrected chi connectivity index (χ2v) is 6.39. The molecule has 2 aliphatic rings. The number of benzene rings is 2. The Balaban J connectivity index is 1.80. The molecule has 4 rings (SSSR count). The van der Waals surface area contributed by atoms with Gasteiger partial charge in [-0.05, 0) is 18.2 Å². The van der Waals surface area contributed by atoms with Crippen molar-refractivity contribution in [2.24, 2.45) is 0 Å². The Morgan fingerprint density at radius 1 is 0.952 bits per heavy atom. The van der Waals surface area contributed by atoms with Crippen LogP contribution in [0.5, 0.6) is 5.75 Å². The van der Waals surface area contributed by atoms with E-state index in [2.05, 4.69) is 18.2 Å². The van der Waals surface area contributed by atoms with E-state index in [1.807, 2.05) is 36.4 Å². The molecule has 1 atom stereocenters. The van der Waals surface area contributed by atoms with E-state index in [0.29, 0.717) is 6.42 Å². The maximum Gasteiger partial charge on any atom is 0.164 e. The molecule has 3 heteroatoms. The normalized spacial score (nSPS) is 20.0. The number of Topliss-reactive ketones (excluding diaryl/α,β-unsaturated/α-hetero) is 1. The Hall–Kier alpha value is -2.00. The number of carbonyl (C=O) groups is 1. The van der Waals surface area contributed by atoms with Crippen molar-refractivity contribution in [3.63, 3.8) is 0 Å². The third kappa shape index (κ3) is 2.18. The molecule has 1 unspecified atom stereocenters. The first kappa shape index (κ1) is 12.7. The number of carbonyl (C=O) groups excluding carboxylic acids is 1. The van der Waals surface area contributed by atoms with Crippen molar-refractivity contribution in [3.8, 4) is 5.75 Å². The molecular formula is C18H14O2S. The SMILES string of the molecule is O=C1CCC2=C1C(Sc1ccccc1)c1ccccc1O2. The van der Waals surface area contributed by atoms with Crippen LogP contribution in [0.25, 0.3) is 0 Å². The predicted octanol–water partition coefficient (Wildman–Crippen LogP) is 4.53. The van der Waals surface area contributed by atoms with Crippen LogP contribution < -0.4 is 4.74 Å². The van der Waals surface area contributed by atoms with Gasteiger partial charge in [0.15, 0.2) is 5.78 Å². The maximum atomic E-state index is 12.3. The Labute approximate surface area is 127 Å². The highest BCUT2D eigenvalue weighted by Gasteiger charge is 2.37. The molecule has 1 aliphatic heterocycles. The van der Waals surface area contributed by atoms with Crippen molar-refractivity contribution < 1.29 is 9.53 Å². The molecule has 0 radical (unpaired) electrons. The summed E-state index contributed by atoms with van der Waals surface area (Å²) in [5.41, 5.74) is 1.96. The zero-order valence-corrected chi connectivity index (χ0v) is 12.2. The van der Waals surface area contributed by atoms with Crippen LogP contribution in [-0.4, -0.2) is 5.78 Å². The Kier molecular flexibility index (Phi) is 3.08. The number of ether oxygens (including phenoxy) is 1. The summed E-state index contributed by atoms with van der Waals surface area (Å²) in [7, 11) is 0. The molecule has 0 amide bonds. The van der Waals surface area contributed by atoms with Crippen molar-refractivity contribution in [1.29, 1.82) is 0 Å². The molecule has 0 aromatic heterocycles. The quantitative estimate of drug-likeness (QED) is 0.814. The lowest BCUT2D eigenvalue weighted by Gasteiger charge is -2.26. The Bertz CT molecular complexity index is 734. The van der Waals surface area contributed by atoms with E-state index in [1.165, 1.54) is 4.90 Å². The molecule has 2 nitrogen and oxygen atoms in total. The van der Waals surface area contributed by atoms with Crippen molar-refractivity contribution >= 4 is 17.5 Å². The van der Waals surface area contributed by atoms with Crippen molar-refractivity contribution in [2.75, 3.05) is 0 Å². The van der Waals surface area contributed by atoms with E-state index < -0.39 is 0 Å². The lowest BCUT2D eigenvalue weighted by molar-refractivity contribution is -0.115. The predicted molar refractivity (Wildman–Crippen MR) is 83.4 cm³/mol. The number of thioether (sulfide) groups is 1. The molecule has 0 bridgehead atoms. The summed E-state index contributed by atoms with van der Waals surface area (Å²) in [4.78, 5) is 13.4. The van der Waals surface area contributed by atoms with Gasteiger partial charge in [0.25, 0.3) is 0 Å². The van der Waals surface area contributed by atoms with Crippen LogP contribution in [0.2, 0.25) is 0 Å². The molecule has 21 heavy (non-hydrogen) atoms. The van der Waals surface area contributed by atoms with Gasteiger partial charge < -0.3 is 4.74 Å². The largest absolute Gasteiger partial charge is 0.461 e. The van der Waals surface area contributed by atoms with Crippen molar-refractivity contribution in [1.82, 2.24) is 0 Å². The maximum absolute atomic E-state index is 12.3. The second kappa shape index (κ2) is 5.08. The molecule has 1 aliphatic carbocycles. The molecule has 0 spiro atoms. The topological polar surface area (TPSA) is 26.3 Å². The van der Waals surface area contributed by atoms with Gasteiger partial charge in [-0.15, -0.1) is 11.8 Å². The minimum atomic E-state index is 0.0438. The minimum absolute atomic E-state index is 0.0438. The fourth-order valence-corrected chi connectivity index (χ4v) is 4.18. The van der Waals surface area contributed by atoms with Crippen LogP contribution in [0.1, 0.15) is 23.7 Å². The fraction of sp³-hybridized carbons (Fsp3) is 0.167. The zero-order valence-electron chi connectivity index (χ0n) is 11.4. The average molecular weight is 294 g/mol. The van der Waals surface area contributed by atoms with E-state index in [9.17, 15) is 4.79 Å². The Morgan fingerprint density at radius 3 is 2.57 bits per heavy atom.